The van der Waals surface area contributed by atoms with Crippen molar-refractivity contribution in [3.63, 3.8) is 0 Å². The van der Waals surface area contributed by atoms with Crippen LogP contribution in [0.3, 0.4) is 0 Å². The van der Waals surface area contributed by atoms with Crippen LogP contribution >= 0.6 is 0 Å². The Morgan fingerprint density at radius 3 is 2.79 bits per heavy atom. The van der Waals surface area contributed by atoms with Crippen molar-refractivity contribution in [2.75, 3.05) is 24.6 Å². The number of anilines is 1. The van der Waals surface area contributed by atoms with Crippen LogP contribution in [0.5, 0.6) is 5.75 Å². The zero-order valence-electron chi connectivity index (χ0n) is 11.3. The van der Waals surface area contributed by atoms with Crippen LogP contribution in [0.15, 0.2) is 24.3 Å². The molecule has 0 aromatic heterocycles. The summed E-state index contributed by atoms with van der Waals surface area (Å²) in [6.45, 7) is 4.63. The molecular weight excluding hydrogens is 242 g/mol. The lowest BCUT2D eigenvalue weighted by Gasteiger charge is -2.19. The number of benzene rings is 1. The maximum Gasteiger partial charge on any atom is 0.303 e. The highest BCUT2D eigenvalue weighted by atomic mass is 16.5. The fraction of sp³-hybridized carbons (Fsp3) is 0.533. The summed E-state index contributed by atoms with van der Waals surface area (Å²) in [5, 5.41) is 8.71. The molecule has 1 N–H and O–H groups in total. The highest BCUT2D eigenvalue weighted by Crippen LogP contribution is 2.27. The van der Waals surface area contributed by atoms with Crippen molar-refractivity contribution in [2.45, 2.75) is 26.2 Å². The van der Waals surface area contributed by atoms with E-state index in [4.69, 9.17) is 9.84 Å². The topological polar surface area (TPSA) is 49.8 Å². The second-order valence-corrected chi connectivity index (χ2v) is 4.96. The van der Waals surface area contributed by atoms with Gasteiger partial charge in [0.15, 0.2) is 0 Å². The van der Waals surface area contributed by atoms with Gasteiger partial charge in [0, 0.05) is 25.2 Å². The zero-order chi connectivity index (χ0) is 13.7. The fourth-order valence-electron chi connectivity index (χ4n) is 2.55. The standard InChI is InChI=1S/C15H21NO3/c1-2-19-14-6-4-13(5-7-14)16-10-9-12(11-16)3-8-15(17)18/h4-7,12H,2-3,8-11H2,1H3,(H,17,18). The molecule has 4 heteroatoms. The maximum absolute atomic E-state index is 10.6. The molecule has 0 radical (unpaired) electrons. The second kappa shape index (κ2) is 6.45. The van der Waals surface area contributed by atoms with Crippen LogP contribution in [0.1, 0.15) is 26.2 Å². The van der Waals surface area contributed by atoms with E-state index < -0.39 is 5.97 Å². The lowest BCUT2D eigenvalue weighted by atomic mass is 10.0. The van der Waals surface area contributed by atoms with Gasteiger partial charge in [-0.2, -0.15) is 0 Å². The molecule has 1 heterocycles. The lowest BCUT2D eigenvalue weighted by Crippen LogP contribution is -2.19. The number of carbonyl (C=O) groups is 1. The molecule has 1 unspecified atom stereocenters. The molecule has 0 saturated carbocycles. The van der Waals surface area contributed by atoms with Crippen LogP contribution in [-0.2, 0) is 4.79 Å². The third-order valence-electron chi connectivity index (χ3n) is 3.57. The summed E-state index contributed by atoms with van der Waals surface area (Å²) in [4.78, 5) is 12.9. The highest BCUT2D eigenvalue weighted by molar-refractivity contribution is 5.66. The van der Waals surface area contributed by atoms with Gasteiger partial charge in [-0.3, -0.25) is 4.79 Å². The molecule has 1 atom stereocenters. The average molecular weight is 263 g/mol. The summed E-state index contributed by atoms with van der Waals surface area (Å²) in [7, 11) is 0. The number of hydrogen-bond donors (Lipinski definition) is 1. The van der Waals surface area contributed by atoms with Gasteiger partial charge in [0.1, 0.15) is 5.75 Å². The van der Waals surface area contributed by atoms with Gasteiger partial charge >= 0.3 is 5.97 Å². The summed E-state index contributed by atoms with van der Waals surface area (Å²) in [5.74, 6) is 0.704. The molecule has 0 spiro atoms. The van der Waals surface area contributed by atoms with E-state index in [9.17, 15) is 4.79 Å². The largest absolute Gasteiger partial charge is 0.494 e. The Kier molecular flexibility index (Phi) is 4.66. The number of carboxylic acids is 1. The smallest absolute Gasteiger partial charge is 0.303 e. The van der Waals surface area contributed by atoms with Crippen molar-refractivity contribution < 1.29 is 14.6 Å². The third kappa shape index (κ3) is 3.88. The Bertz CT molecular complexity index is 416. The van der Waals surface area contributed by atoms with Crippen LogP contribution in [0.4, 0.5) is 5.69 Å². The van der Waals surface area contributed by atoms with E-state index in [0.717, 1.165) is 31.7 Å². The Morgan fingerprint density at radius 1 is 1.42 bits per heavy atom. The second-order valence-electron chi connectivity index (χ2n) is 4.96. The Labute approximate surface area is 114 Å². The number of aliphatic carboxylic acids is 1. The number of hydrogen-bond acceptors (Lipinski definition) is 3. The quantitative estimate of drug-likeness (QED) is 0.857. The van der Waals surface area contributed by atoms with Crippen LogP contribution in [0, 0.1) is 5.92 Å². The Morgan fingerprint density at radius 2 is 2.16 bits per heavy atom. The Balaban J connectivity index is 1.87. The summed E-state index contributed by atoms with van der Waals surface area (Å²) in [6.07, 6.45) is 2.14. The first-order chi connectivity index (χ1) is 9.19. The summed E-state index contributed by atoms with van der Waals surface area (Å²) in [6, 6.07) is 8.13. The van der Waals surface area contributed by atoms with Crippen LogP contribution in [0.2, 0.25) is 0 Å². The fourth-order valence-corrected chi connectivity index (χ4v) is 2.55. The molecule has 19 heavy (non-hydrogen) atoms. The van der Waals surface area contributed by atoms with Gasteiger partial charge in [-0.1, -0.05) is 0 Å². The van der Waals surface area contributed by atoms with E-state index in [1.807, 2.05) is 19.1 Å². The zero-order valence-corrected chi connectivity index (χ0v) is 11.3. The molecule has 4 nitrogen and oxygen atoms in total. The van der Waals surface area contributed by atoms with Gasteiger partial charge in [-0.25, -0.2) is 0 Å². The predicted octanol–water partition coefficient (Wildman–Crippen LogP) is 2.78. The van der Waals surface area contributed by atoms with E-state index in [1.54, 1.807) is 0 Å². The van der Waals surface area contributed by atoms with E-state index in [-0.39, 0.29) is 6.42 Å². The van der Waals surface area contributed by atoms with Crippen LogP contribution in [-0.4, -0.2) is 30.8 Å². The monoisotopic (exact) mass is 263 g/mol. The summed E-state index contributed by atoms with van der Waals surface area (Å²) >= 11 is 0. The Hall–Kier alpha value is -1.71. The lowest BCUT2D eigenvalue weighted by molar-refractivity contribution is -0.137. The number of carboxylic acid groups (broad SMARTS) is 1. The van der Waals surface area contributed by atoms with E-state index >= 15 is 0 Å². The predicted molar refractivity (Wildman–Crippen MR) is 74.8 cm³/mol. The van der Waals surface area contributed by atoms with Crippen LogP contribution < -0.4 is 9.64 Å². The highest BCUT2D eigenvalue weighted by Gasteiger charge is 2.23. The number of ether oxygens (including phenoxy) is 1. The minimum absolute atomic E-state index is 0.280. The number of nitrogens with zero attached hydrogens (tertiary/aromatic N) is 1. The van der Waals surface area contributed by atoms with Crippen molar-refractivity contribution in [3.8, 4) is 5.75 Å². The summed E-state index contributed by atoms with van der Waals surface area (Å²) in [5.41, 5.74) is 1.20. The van der Waals surface area contributed by atoms with Crippen molar-refractivity contribution in [1.29, 1.82) is 0 Å². The first kappa shape index (κ1) is 13.7. The molecule has 1 fully saturated rings. The molecule has 1 aliphatic rings. The van der Waals surface area contributed by atoms with Gasteiger partial charge in [0.25, 0.3) is 0 Å². The van der Waals surface area contributed by atoms with Gasteiger partial charge < -0.3 is 14.7 Å². The summed E-state index contributed by atoms with van der Waals surface area (Å²) < 4.78 is 5.43. The van der Waals surface area contributed by atoms with E-state index in [2.05, 4.69) is 17.0 Å². The normalized spacial score (nSPS) is 18.6. The average Bonchev–Trinajstić information content (AvgIpc) is 2.86. The van der Waals surface area contributed by atoms with Crippen molar-refractivity contribution in [1.82, 2.24) is 0 Å². The molecule has 1 aliphatic heterocycles. The van der Waals surface area contributed by atoms with Gasteiger partial charge in [0.2, 0.25) is 0 Å². The first-order valence-corrected chi connectivity index (χ1v) is 6.88. The van der Waals surface area contributed by atoms with Crippen molar-refractivity contribution in [3.05, 3.63) is 24.3 Å². The minimum Gasteiger partial charge on any atom is -0.494 e. The molecule has 1 saturated heterocycles. The molecule has 0 aliphatic carbocycles. The molecule has 1 aromatic carbocycles. The maximum atomic E-state index is 10.6. The van der Waals surface area contributed by atoms with Crippen molar-refractivity contribution >= 4 is 11.7 Å². The van der Waals surface area contributed by atoms with Gasteiger partial charge in [-0.05, 0) is 49.9 Å². The third-order valence-corrected chi connectivity index (χ3v) is 3.57. The van der Waals surface area contributed by atoms with Crippen LogP contribution in [0.25, 0.3) is 0 Å². The molecule has 1 aromatic rings. The molecule has 2 rings (SSSR count). The number of rotatable bonds is 6. The SMILES string of the molecule is CCOc1ccc(N2CCC(CCC(=O)O)C2)cc1. The van der Waals surface area contributed by atoms with E-state index in [0.29, 0.717) is 12.5 Å². The molecule has 104 valence electrons. The minimum atomic E-state index is -0.695. The van der Waals surface area contributed by atoms with Gasteiger partial charge in [0.05, 0.1) is 6.61 Å². The molecule has 0 amide bonds. The molecule has 0 bridgehead atoms. The van der Waals surface area contributed by atoms with Crippen molar-refractivity contribution in [2.24, 2.45) is 5.92 Å². The first-order valence-electron chi connectivity index (χ1n) is 6.88. The van der Waals surface area contributed by atoms with E-state index in [1.165, 1.54) is 5.69 Å². The molecular formula is C15H21NO3. The van der Waals surface area contributed by atoms with Gasteiger partial charge in [-0.15, -0.1) is 0 Å².